The number of hydrogen-bond donors (Lipinski definition) is 1. The summed E-state index contributed by atoms with van der Waals surface area (Å²) in [5, 5.41) is 10.4. The molecule has 56 valence electrons. The average molecular weight is 169 g/mol. The Balaban J connectivity index is 2.95. The van der Waals surface area contributed by atoms with Crippen LogP contribution in [0.15, 0.2) is 24.5 Å². The molecule has 0 atom stereocenters. The molecular formula is C7H5ClN2O. The zero-order chi connectivity index (χ0) is 7.84. The van der Waals surface area contributed by atoms with Crippen molar-refractivity contribution in [1.82, 2.24) is 9.71 Å². The predicted octanol–water partition coefficient (Wildman–Crippen LogP) is 1.93. The highest BCUT2D eigenvalue weighted by atomic mass is 35.5. The molecule has 1 N–H and O–H groups in total. The Hall–Kier alpha value is -1.22. The van der Waals surface area contributed by atoms with Gasteiger partial charge in [-0.25, -0.2) is 4.98 Å². The van der Waals surface area contributed by atoms with Crippen LogP contribution in [0.25, 0.3) is 11.0 Å². The van der Waals surface area contributed by atoms with Gasteiger partial charge in [0.2, 0.25) is 0 Å². The van der Waals surface area contributed by atoms with Crippen molar-refractivity contribution in [3.63, 3.8) is 0 Å². The van der Waals surface area contributed by atoms with Crippen LogP contribution < -0.4 is 0 Å². The van der Waals surface area contributed by atoms with Gasteiger partial charge in [0.1, 0.15) is 0 Å². The van der Waals surface area contributed by atoms with Crippen molar-refractivity contribution in [1.29, 1.82) is 0 Å². The number of aromatic nitrogens is 2. The third kappa shape index (κ3) is 0.851. The summed E-state index contributed by atoms with van der Waals surface area (Å²) in [7, 11) is 0. The van der Waals surface area contributed by atoms with E-state index in [2.05, 4.69) is 4.98 Å². The van der Waals surface area contributed by atoms with Gasteiger partial charge in [-0.2, -0.15) is 4.73 Å². The summed E-state index contributed by atoms with van der Waals surface area (Å²) in [4.78, 5) is 3.93. The molecule has 3 nitrogen and oxygen atoms in total. The Morgan fingerprint density at radius 1 is 1.55 bits per heavy atom. The minimum Gasteiger partial charge on any atom is -0.427 e. The van der Waals surface area contributed by atoms with Gasteiger partial charge >= 0.3 is 0 Å². The van der Waals surface area contributed by atoms with Gasteiger partial charge in [-0.3, -0.25) is 0 Å². The molecule has 0 radical (unpaired) electrons. The maximum Gasteiger partial charge on any atom is 0.176 e. The molecule has 11 heavy (non-hydrogen) atoms. The monoisotopic (exact) mass is 168 g/mol. The highest BCUT2D eigenvalue weighted by molar-refractivity contribution is 6.35. The Labute approximate surface area is 67.8 Å². The van der Waals surface area contributed by atoms with Crippen LogP contribution in [0, 0.1) is 0 Å². The van der Waals surface area contributed by atoms with E-state index in [1.165, 1.54) is 6.20 Å². The highest BCUT2D eigenvalue weighted by Crippen LogP contribution is 2.21. The Morgan fingerprint density at radius 3 is 3.09 bits per heavy atom. The maximum atomic E-state index is 9.16. The van der Waals surface area contributed by atoms with Crippen LogP contribution in [0.3, 0.4) is 0 Å². The molecule has 2 aromatic rings. The third-order valence-corrected chi connectivity index (χ3v) is 1.80. The van der Waals surface area contributed by atoms with Crippen molar-refractivity contribution in [2.45, 2.75) is 0 Å². The summed E-state index contributed by atoms with van der Waals surface area (Å²) in [6.45, 7) is 0. The van der Waals surface area contributed by atoms with Gasteiger partial charge in [-0.05, 0) is 12.1 Å². The van der Waals surface area contributed by atoms with Crippen molar-refractivity contribution < 1.29 is 5.21 Å². The molecule has 4 heteroatoms. The molecule has 0 aliphatic rings. The lowest BCUT2D eigenvalue weighted by molar-refractivity contribution is 0.198. The average Bonchev–Trinajstić information content (AvgIpc) is 2.30. The van der Waals surface area contributed by atoms with Gasteiger partial charge in [0.25, 0.3) is 0 Å². The van der Waals surface area contributed by atoms with E-state index >= 15 is 0 Å². The lowest BCUT2D eigenvalue weighted by Crippen LogP contribution is -1.87. The molecule has 2 aromatic heterocycles. The van der Waals surface area contributed by atoms with E-state index in [1.807, 2.05) is 0 Å². The molecule has 0 aliphatic heterocycles. The number of nitrogens with zero attached hydrogens (tertiary/aromatic N) is 2. The number of pyridine rings is 1. The SMILES string of the molecule is On1cc(Cl)c2cccnc21. The Bertz CT molecular complexity index is 360. The lowest BCUT2D eigenvalue weighted by atomic mass is 10.3. The molecule has 2 rings (SSSR count). The van der Waals surface area contributed by atoms with E-state index in [4.69, 9.17) is 16.8 Å². The number of hydrogen-bond acceptors (Lipinski definition) is 2. The van der Waals surface area contributed by atoms with Crippen LogP contribution in [0.5, 0.6) is 0 Å². The van der Waals surface area contributed by atoms with Crippen molar-refractivity contribution in [3.8, 4) is 0 Å². The van der Waals surface area contributed by atoms with Crippen molar-refractivity contribution >= 4 is 22.6 Å². The summed E-state index contributed by atoms with van der Waals surface area (Å²) in [6.07, 6.45) is 3.02. The highest BCUT2D eigenvalue weighted by Gasteiger charge is 2.04. The summed E-state index contributed by atoms with van der Waals surface area (Å²) in [6, 6.07) is 3.58. The fourth-order valence-electron chi connectivity index (χ4n) is 1.00. The number of rotatable bonds is 0. The van der Waals surface area contributed by atoms with E-state index in [9.17, 15) is 0 Å². The predicted molar refractivity (Wildman–Crippen MR) is 41.9 cm³/mol. The minimum absolute atomic E-state index is 0.484. The van der Waals surface area contributed by atoms with Crippen LogP contribution in [-0.2, 0) is 0 Å². The van der Waals surface area contributed by atoms with E-state index < -0.39 is 0 Å². The zero-order valence-corrected chi connectivity index (χ0v) is 6.28. The quantitative estimate of drug-likeness (QED) is 0.611. The van der Waals surface area contributed by atoms with E-state index in [-0.39, 0.29) is 0 Å². The fraction of sp³-hybridized carbons (Fsp3) is 0. The van der Waals surface area contributed by atoms with Gasteiger partial charge in [0.05, 0.1) is 11.2 Å². The summed E-state index contributed by atoms with van der Waals surface area (Å²) >= 11 is 5.76. The standard InChI is InChI=1S/C7H5ClN2O/c8-6-4-10(11)7-5(6)2-1-3-9-7/h1-4,11H. The lowest BCUT2D eigenvalue weighted by Gasteiger charge is -1.89. The van der Waals surface area contributed by atoms with Crippen LogP contribution >= 0.6 is 11.6 Å². The van der Waals surface area contributed by atoms with Gasteiger partial charge in [-0.1, -0.05) is 11.6 Å². The number of fused-ring (bicyclic) bond motifs is 1. The minimum atomic E-state index is 0.484. The first kappa shape index (κ1) is 6.49. The fourth-order valence-corrected chi connectivity index (χ4v) is 1.24. The molecule has 0 unspecified atom stereocenters. The summed E-state index contributed by atoms with van der Waals surface area (Å²) in [5.74, 6) is 0. The largest absolute Gasteiger partial charge is 0.427 e. The van der Waals surface area contributed by atoms with E-state index in [0.29, 0.717) is 10.7 Å². The molecule has 0 aliphatic carbocycles. The Morgan fingerprint density at radius 2 is 2.36 bits per heavy atom. The third-order valence-electron chi connectivity index (χ3n) is 1.50. The Kier molecular flexibility index (Phi) is 1.26. The van der Waals surface area contributed by atoms with Crippen LogP contribution in [0.4, 0.5) is 0 Å². The number of halogens is 1. The van der Waals surface area contributed by atoms with Crippen molar-refractivity contribution in [3.05, 3.63) is 29.5 Å². The molecular weight excluding hydrogens is 164 g/mol. The topological polar surface area (TPSA) is 38.0 Å². The van der Waals surface area contributed by atoms with E-state index in [1.54, 1.807) is 18.3 Å². The molecule has 0 amide bonds. The second-order valence-corrected chi connectivity index (χ2v) is 2.60. The second kappa shape index (κ2) is 2.13. The molecule has 0 saturated carbocycles. The molecule has 0 spiro atoms. The molecule has 0 saturated heterocycles. The first-order valence-electron chi connectivity index (χ1n) is 3.10. The normalized spacial score (nSPS) is 10.6. The molecule has 0 aromatic carbocycles. The van der Waals surface area contributed by atoms with Crippen LogP contribution in [-0.4, -0.2) is 14.9 Å². The zero-order valence-electron chi connectivity index (χ0n) is 5.53. The molecule has 0 bridgehead atoms. The van der Waals surface area contributed by atoms with Gasteiger partial charge in [0.15, 0.2) is 5.65 Å². The van der Waals surface area contributed by atoms with E-state index in [0.717, 1.165) is 10.1 Å². The summed E-state index contributed by atoms with van der Waals surface area (Å²) in [5.41, 5.74) is 0.484. The van der Waals surface area contributed by atoms with Crippen LogP contribution in [0.1, 0.15) is 0 Å². The van der Waals surface area contributed by atoms with Crippen LogP contribution in [0.2, 0.25) is 5.02 Å². The maximum absolute atomic E-state index is 9.16. The first-order valence-corrected chi connectivity index (χ1v) is 3.47. The summed E-state index contributed by atoms with van der Waals surface area (Å²) < 4.78 is 0.914. The molecule has 0 fully saturated rings. The first-order chi connectivity index (χ1) is 5.29. The smallest absolute Gasteiger partial charge is 0.176 e. The van der Waals surface area contributed by atoms with Gasteiger partial charge in [0, 0.05) is 11.6 Å². The van der Waals surface area contributed by atoms with Gasteiger partial charge in [-0.15, -0.1) is 0 Å². The second-order valence-electron chi connectivity index (χ2n) is 2.20. The molecule has 2 heterocycles. The van der Waals surface area contributed by atoms with Gasteiger partial charge < -0.3 is 5.21 Å². The van der Waals surface area contributed by atoms with Crippen molar-refractivity contribution in [2.24, 2.45) is 0 Å². The van der Waals surface area contributed by atoms with Crippen molar-refractivity contribution in [2.75, 3.05) is 0 Å².